The van der Waals surface area contributed by atoms with Gasteiger partial charge in [0.05, 0.1) is 0 Å². The highest BCUT2D eigenvalue weighted by Crippen LogP contribution is 2.36. The summed E-state index contributed by atoms with van der Waals surface area (Å²) in [5.74, 6) is -1.28. The van der Waals surface area contributed by atoms with Crippen molar-refractivity contribution < 1.29 is 14.3 Å². The first-order valence-electron chi connectivity index (χ1n) is 12.2. The number of aromatic amines is 1. The van der Waals surface area contributed by atoms with E-state index in [0.717, 1.165) is 42.7 Å². The molecular weight excluding hydrogens is 454 g/mol. The quantitative estimate of drug-likeness (QED) is 0.184. The van der Waals surface area contributed by atoms with Crippen LogP contribution in [-0.4, -0.2) is 48.9 Å². The number of para-hydroxylation sites is 1. The standard InChI is InChI=1S/C28H39N3O3Si/c1-28(2,3)35(4,5)34-17-16-31(15-14-23-19-30-25-9-7-6-8-24(23)25)20-22-12-10-21(11-13-22)18-26(32)27(29)33/h6-13,18-19,30,32H,14-17,20H2,1-5H3,(H2,29,33). The summed E-state index contributed by atoms with van der Waals surface area (Å²) in [5, 5.41) is 11.1. The zero-order valence-electron chi connectivity index (χ0n) is 21.6. The highest BCUT2D eigenvalue weighted by atomic mass is 28.4. The summed E-state index contributed by atoms with van der Waals surface area (Å²) in [7, 11) is -1.81. The normalized spacial score (nSPS) is 13.0. The lowest BCUT2D eigenvalue weighted by molar-refractivity contribution is -0.116. The van der Waals surface area contributed by atoms with Gasteiger partial charge in [0.2, 0.25) is 0 Å². The van der Waals surface area contributed by atoms with Crippen molar-refractivity contribution in [2.75, 3.05) is 19.7 Å². The summed E-state index contributed by atoms with van der Waals surface area (Å²) in [6, 6.07) is 16.2. The third-order valence-electron chi connectivity index (χ3n) is 6.99. The minimum Gasteiger partial charge on any atom is -0.503 e. The van der Waals surface area contributed by atoms with Gasteiger partial charge < -0.3 is 20.3 Å². The third kappa shape index (κ3) is 7.30. The van der Waals surface area contributed by atoms with E-state index < -0.39 is 20.0 Å². The summed E-state index contributed by atoms with van der Waals surface area (Å²) < 4.78 is 6.47. The Kier molecular flexibility index (Phi) is 8.59. The molecule has 2 aromatic carbocycles. The predicted octanol–water partition coefficient (Wildman–Crippen LogP) is 5.62. The maximum absolute atomic E-state index is 11.1. The number of aromatic nitrogens is 1. The SMILES string of the molecule is CC(C)(C)[Si](C)(C)OCCN(CCc1c[nH]c2ccccc12)Cc1ccc(C=C(O)C(N)=O)cc1. The van der Waals surface area contributed by atoms with Gasteiger partial charge in [-0.15, -0.1) is 0 Å². The molecule has 188 valence electrons. The van der Waals surface area contributed by atoms with Gasteiger partial charge in [-0.2, -0.15) is 0 Å². The Morgan fingerprint density at radius 3 is 2.46 bits per heavy atom. The third-order valence-corrected chi connectivity index (χ3v) is 11.5. The second-order valence-corrected chi connectivity index (χ2v) is 15.4. The van der Waals surface area contributed by atoms with E-state index in [9.17, 15) is 9.90 Å². The molecule has 0 fully saturated rings. The van der Waals surface area contributed by atoms with E-state index >= 15 is 0 Å². The Morgan fingerprint density at radius 1 is 1.11 bits per heavy atom. The van der Waals surface area contributed by atoms with E-state index in [2.05, 4.69) is 74.2 Å². The van der Waals surface area contributed by atoms with Gasteiger partial charge >= 0.3 is 0 Å². The van der Waals surface area contributed by atoms with Crippen molar-refractivity contribution in [3.63, 3.8) is 0 Å². The lowest BCUT2D eigenvalue weighted by Crippen LogP contribution is -2.43. The molecule has 1 heterocycles. The molecule has 0 aliphatic rings. The number of nitrogens with two attached hydrogens (primary N) is 1. The second-order valence-electron chi connectivity index (χ2n) is 10.6. The first kappa shape index (κ1) is 26.7. The van der Waals surface area contributed by atoms with Crippen LogP contribution in [-0.2, 0) is 22.2 Å². The number of benzene rings is 2. The molecule has 0 atom stereocenters. The van der Waals surface area contributed by atoms with Crippen LogP contribution in [0, 0.1) is 0 Å². The number of nitrogens with one attached hydrogen (secondary N) is 1. The van der Waals surface area contributed by atoms with E-state index in [1.54, 1.807) is 0 Å². The number of fused-ring (bicyclic) bond motifs is 1. The van der Waals surface area contributed by atoms with Crippen LogP contribution in [0.15, 0.2) is 60.5 Å². The number of carbonyl (C=O) groups is 1. The van der Waals surface area contributed by atoms with Gasteiger partial charge in [0.15, 0.2) is 14.1 Å². The first-order valence-corrected chi connectivity index (χ1v) is 15.1. The maximum Gasteiger partial charge on any atom is 0.283 e. The minimum atomic E-state index is -1.81. The molecule has 4 N–H and O–H groups in total. The number of hydrogen-bond donors (Lipinski definition) is 3. The molecule has 0 aliphatic heterocycles. The van der Waals surface area contributed by atoms with Gasteiger partial charge in [-0.05, 0) is 53.4 Å². The van der Waals surface area contributed by atoms with Gasteiger partial charge in [-0.25, -0.2) is 0 Å². The average Bonchev–Trinajstić information content (AvgIpc) is 3.20. The Hall–Kier alpha value is -2.87. The Bertz CT molecular complexity index is 1160. The van der Waals surface area contributed by atoms with Crippen LogP contribution in [0.2, 0.25) is 18.1 Å². The maximum atomic E-state index is 11.1. The first-order chi connectivity index (χ1) is 16.5. The molecule has 35 heavy (non-hydrogen) atoms. The highest BCUT2D eigenvalue weighted by molar-refractivity contribution is 6.74. The lowest BCUT2D eigenvalue weighted by atomic mass is 10.1. The molecule has 0 bridgehead atoms. The van der Waals surface area contributed by atoms with E-state index in [0.29, 0.717) is 6.61 Å². The molecule has 3 aromatic rings. The molecule has 0 radical (unpaired) electrons. The lowest BCUT2D eigenvalue weighted by Gasteiger charge is -2.37. The van der Waals surface area contributed by atoms with Crippen molar-refractivity contribution in [3.05, 3.63) is 77.2 Å². The van der Waals surface area contributed by atoms with Crippen molar-refractivity contribution in [3.8, 4) is 0 Å². The topological polar surface area (TPSA) is 91.6 Å². The summed E-state index contributed by atoms with van der Waals surface area (Å²) in [6.07, 6.45) is 4.44. The number of H-pyrrole nitrogens is 1. The van der Waals surface area contributed by atoms with E-state index in [4.69, 9.17) is 10.2 Å². The summed E-state index contributed by atoms with van der Waals surface area (Å²) in [4.78, 5) is 16.9. The summed E-state index contributed by atoms with van der Waals surface area (Å²) in [6.45, 7) is 14.6. The molecule has 7 heteroatoms. The minimum absolute atomic E-state index is 0.182. The Labute approximate surface area is 209 Å². The summed E-state index contributed by atoms with van der Waals surface area (Å²) in [5.41, 5.74) is 9.49. The van der Waals surface area contributed by atoms with Crippen LogP contribution in [0.25, 0.3) is 17.0 Å². The van der Waals surface area contributed by atoms with Crippen LogP contribution < -0.4 is 5.73 Å². The molecule has 3 rings (SSSR count). The number of rotatable bonds is 11. The molecule has 0 saturated carbocycles. The fraction of sp³-hybridized carbons (Fsp3) is 0.393. The zero-order chi connectivity index (χ0) is 25.6. The number of aliphatic hydroxyl groups is 1. The summed E-state index contributed by atoms with van der Waals surface area (Å²) >= 11 is 0. The fourth-order valence-electron chi connectivity index (χ4n) is 3.74. The van der Waals surface area contributed by atoms with Crippen molar-refractivity contribution in [2.45, 2.75) is 51.9 Å². The predicted molar refractivity (Wildman–Crippen MR) is 147 cm³/mol. The molecule has 1 aromatic heterocycles. The fourth-order valence-corrected chi connectivity index (χ4v) is 4.77. The molecule has 6 nitrogen and oxygen atoms in total. The molecule has 0 unspecified atom stereocenters. The van der Waals surface area contributed by atoms with Crippen molar-refractivity contribution in [1.29, 1.82) is 0 Å². The largest absolute Gasteiger partial charge is 0.503 e. The zero-order valence-corrected chi connectivity index (χ0v) is 22.6. The number of nitrogens with zero attached hydrogens (tertiary/aromatic N) is 1. The van der Waals surface area contributed by atoms with Crippen LogP contribution in [0.1, 0.15) is 37.5 Å². The molecule has 0 spiro atoms. The molecule has 1 amide bonds. The van der Waals surface area contributed by atoms with Crippen LogP contribution in [0.4, 0.5) is 0 Å². The highest BCUT2D eigenvalue weighted by Gasteiger charge is 2.37. The Balaban J connectivity index is 1.70. The monoisotopic (exact) mass is 493 g/mol. The van der Waals surface area contributed by atoms with Gasteiger partial charge in [0, 0.05) is 43.3 Å². The van der Waals surface area contributed by atoms with Gasteiger partial charge in [0.1, 0.15) is 0 Å². The smallest absolute Gasteiger partial charge is 0.283 e. The second kappa shape index (κ2) is 11.2. The number of hydrogen-bond acceptors (Lipinski definition) is 4. The van der Waals surface area contributed by atoms with E-state index in [-0.39, 0.29) is 5.04 Å². The van der Waals surface area contributed by atoms with E-state index in [1.807, 2.05) is 24.3 Å². The molecule has 0 saturated heterocycles. The molecular formula is C28H39N3O3Si. The average molecular weight is 494 g/mol. The van der Waals surface area contributed by atoms with Gasteiger partial charge in [0.25, 0.3) is 5.91 Å². The number of carbonyl (C=O) groups excluding carboxylic acids is 1. The Morgan fingerprint density at radius 2 is 1.80 bits per heavy atom. The van der Waals surface area contributed by atoms with Crippen molar-refractivity contribution in [1.82, 2.24) is 9.88 Å². The van der Waals surface area contributed by atoms with Gasteiger partial charge in [-0.3, -0.25) is 9.69 Å². The molecule has 0 aliphatic carbocycles. The van der Waals surface area contributed by atoms with Crippen molar-refractivity contribution >= 4 is 31.2 Å². The van der Waals surface area contributed by atoms with Crippen LogP contribution in [0.5, 0.6) is 0 Å². The van der Waals surface area contributed by atoms with Crippen molar-refractivity contribution in [2.24, 2.45) is 5.73 Å². The van der Waals surface area contributed by atoms with Crippen LogP contribution >= 0.6 is 0 Å². The van der Waals surface area contributed by atoms with Crippen LogP contribution in [0.3, 0.4) is 0 Å². The number of primary amides is 1. The number of aliphatic hydroxyl groups excluding tert-OH is 1. The number of amides is 1. The van der Waals surface area contributed by atoms with Gasteiger partial charge in [-0.1, -0.05) is 63.2 Å². The van der Waals surface area contributed by atoms with E-state index in [1.165, 1.54) is 17.0 Å².